The van der Waals surface area contributed by atoms with Crippen LogP contribution >= 0.6 is 0 Å². The molecule has 0 aliphatic carbocycles. The molecule has 0 amide bonds. The van der Waals surface area contributed by atoms with Crippen LogP contribution in [0.3, 0.4) is 0 Å². The molecular weight excluding hydrogens is 196 g/mol. The van der Waals surface area contributed by atoms with Crippen LogP contribution in [0.25, 0.3) is 0 Å². The molecule has 1 atom stereocenters. The Balaban J connectivity index is 2.31. The number of hydrogen-bond acceptors (Lipinski definition) is 4. The third-order valence-electron chi connectivity index (χ3n) is 1.90. The average molecular weight is 210 g/mol. The van der Waals surface area contributed by atoms with Gasteiger partial charge in [0.15, 0.2) is 6.10 Å². The van der Waals surface area contributed by atoms with Gasteiger partial charge in [0.05, 0.1) is 0 Å². The van der Waals surface area contributed by atoms with Crippen LogP contribution in [-0.2, 0) is 14.2 Å². The lowest BCUT2D eigenvalue weighted by atomic mass is 10.2. The Bertz CT molecular complexity index is 304. The van der Waals surface area contributed by atoms with Crippen LogP contribution in [0.15, 0.2) is 36.6 Å². The molecule has 0 aromatic rings. The maximum Gasteiger partial charge on any atom is 0.508 e. The van der Waals surface area contributed by atoms with Gasteiger partial charge in [-0.25, -0.2) is 4.79 Å². The Morgan fingerprint density at radius 3 is 3.00 bits per heavy atom. The zero-order chi connectivity index (χ0) is 11.3. The smallest absolute Gasteiger partial charge is 0.490 e. The van der Waals surface area contributed by atoms with E-state index in [9.17, 15) is 4.79 Å². The summed E-state index contributed by atoms with van der Waals surface area (Å²) in [5.41, 5.74) is 0.884. The average Bonchev–Trinajstić information content (AvgIpc) is 2.61. The first-order chi connectivity index (χ1) is 7.13. The van der Waals surface area contributed by atoms with Gasteiger partial charge in [0.1, 0.15) is 19.0 Å². The molecule has 15 heavy (non-hydrogen) atoms. The van der Waals surface area contributed by atoms with Crippen molar-refractivity contribution in [2.75, 3.05) is 13.2 Å². The summed E-state index contributed by atoms with van der Waals surface area (Å²) < 4.78 is 14.7. The van der Waals surface area contributed by atoms with Gasteiger partial charge in [-0.1, -0.05) is 25.3 Å². The molecule has 0 bridgehead atoms. The maximum absolute atomic E-state index is 10.6. The van der Waals surface area contributed by atoms with Gasteiger partial charge in [0, 0.05) is 0 Å². The second kappa shape index (κ2) is 5.24. The first-order valence-electron chi connectivity index (χ1n) is 4.58. The Morgan fingerprint density at radius 2 is 2.47 bits per heavy atom. The van der Waals surface area contributed by atoms with Gasteiger partial charge in [-0.15, -0.1) is 0 Å². The molecular formula is C11H14O4. The minimum absolute atomic E-state index is 0.232. The fourth-order valence-corrected chi connectivity index (χ4v) is 1.02. The predicted octanol–water partition coefficient (Wildman–Crippen LogP) is 2.18. The van der Waals surface area contributed by atoms with Gasteiger partial charge >= 0.3 is 6.16 Å². The molecule has 1 aliphatic heterocycles. The van der Waals surface area contributed by atoms with E-state index in [1.807, 2.05) is 6.92 Å². The molecule has 82 valence electrons. The quantitative estimate of drug-likeness (QED) is 0.396. The van der Waals surface area contributed by atoms with E-state index in [-0.39, 0.29) is 19.3 Å². The van der Waals surface area contributed by atoms with Crippen LogP contribution in [0.5, 0.6) is 0 Å². The molecule has 0 aromatic heterocycles. The van der Waals surface area contributed by atoms with Crippen LogP contribution in [0.1, 0.15) is 6.92 Å². The number of rotatable bonds is 5. The van der Waals surface area contributed by atoms with E-state index in [0.717, 1.165) is 5.57 Å². The Morgan fingerprint density at radius 1 is 1.73 bits per heavy atom. The van der Waals surface area contributed by atoms with E-state index in [0.29, 0.717) is 5.76 Å². The minimum atomic E-state index is -0.646. The van der Waals surface area contributed by atoms with Crippen molar-refractivity contribution in [3.63, 3.8) is 0 Å². The first-order valence-corrected chi connectivity index (χ1v) is 4.58. The molecule has 4 heteroatoms. The van der Waals surface area contributed by atoms with Gasteiger partial charge in [-0.05, 0) is 12.5 Å². The molecule has 1 unspecified atom stereocenters. The standard InChI is InChI=1S/C11H14O4/c1-4-5-8(2)9(3)13-6-10-7-14-11(12)15-10/h4-5,10H,1,3,6-7H2,2H3/b8-5-. The van der Waals surface area contributed by atoms with Gasteiger partial charge in [0.2, 0.25) is 0 Å². The molecule has 1 heterocycles. The summed E-state index contributed by atoms with van der Waals surface area (Å²) in [5.74, 6) is 0.540. The van der Waals surface area contributed by atoms with Gasteiger partial charge in [0.25, 0.3) is 0 Å². The molecule has 0 spiro atoms. The molecule has 0 radical (unpaired) electrons. The fourth-order valence-electron chi connectivity index (χ4n) is 1.02. The highest BCUT2D eigenvalue weighted by molar-refractivity contribution is 5.61. The third kappa shape index (κ3) is 3.50. The molecule has 0 saturated carbocycles. The number of carbonyl (C=O) groups is 1. The largest absolute Gasteiger partial charge is 0.508 e. The van der Waals surface area contributed by atoms with Gasteiger partial charge in [-0.2, -0.15) is 0 Å². The topological polar surface area (TPSA) is 44.8 Å². The van der Waals surface area contributed by atoms with E-state index < -0.39 is 6.16 Å². The van der Waals surface area contributed by atoms with E-state index in [1.165, 1.54) is 0 Å². The second-order valence-electron chi connectivity index (χ2n) is 3.12. The zero-order valence-corrected chi connectivity index (χ0v) is 8.69. The highest BCUT2D eigenvalue weighted by Crippen LogP contribution is 2.12. The Hall–Kier alpha value is -1.71. The van der Waals surface area contributed by atoms with Crippen molar-refractivity contribution in [1.29, 1.82) is 0 Å². The van der Waals surface area contributed by atoms with Crippen molar-refractivity contribution in [1.82, 2.24) is 0 Å². The third-order valence-corrected chi connectivity index (χ3v) is 1.90. The molecule has 0 N–H and O–H groups in total. The monoisotopic (exact) mass is 210 g/mol. The first kappa shape index (κ1) is 11.4. The van der Waals surface area contributed by atoms with Crippen molar-refractivity contribution in [2.24, 2.45) is 0 Å². The summed E-state index contributed by atoms with van der Waals surface area (Å²) in [6.45, 7) is 9.65. The van der Waals surface area contributed by atoms with Crippen molar-refractivity contribution in [2.45, 2.75) is 13.0 Å². The van der Waals surface area contributed by atoms with Gasteiger partial charge < -0.3 is 14.2 Å². The SMILES string of the molecule is C=C/C=C(/C)C(=C)OCC1COC(=O)O1. The fraction of sp³-hybridized carbons (Fsp3) is 0.364. The van der Waals surface area contributed by atoms with Crippen LogP contribution in [-0.4, -0.2) is 25.5 Å². The summed E-state index contributed by atoms with van der Waals surface area (Å²) in [5, 5.41) is 0. The molecule has 1 aliphatic rings. The molecule has 1 rings (SSSR count). The highest BCUT2D eigenvalue weighted by Gasteiger charge is 2.25. The maximum atomic E-state index is 10.6. The van der Waals surface area contributed by atoms with Crippen molar-refractivity contribution in [3.05, 3.63) is 36.6 Å². The van der Waals surface area contributed by atoms with E-state index in [1.54, 1.807) is 12.2 Å². The van der Waals surface area contributed by atoms with E-state index >= 15 is 0 Å². The van der Waals surface area contributed by atoms with Crippen LogP contribution in [0.2, 0.25) is 0 Å². The second-order valence-corrected chi connectivity index (χ2v) is 3.12. The van der Waals surface area contributed by atoms with Crippen LogP contribution in [0, 0.1) is 0 Å². The zero-order valence-electron chi connectivity index (χ0n) is 8.69. The summed E-state index contributed by atoms with van der Waals surface area (Å²) in [6.07, 6.45) is 2.46. The normalized spacial score (nSPS) is 20.5. The molecule has 1 fully saturated rings. The van der Waals surface area contributed by atoms with Gasteiger partial charge in [-0.3, -0.25) is 0 Å². The van der Waals surface area contributed by atoms with E-state index in [4.69, 9.17) is 9.47 Å². The number of cyclic esters (lactones) is 2. The Kier molecular flexibility index (Phi) is 3.97. The lowest BCUT2D eigenvalue weighted by Crippen LogP contribution is -2.17. The lowest BCUT2D eigenvalue weighted by Gasteiger charge is -2.11. The van der Waals surface area contributed by atoms with Crippen molar-refractivity contribution >= 4 is 6.16 Å². The lowest BCUT2D eigenvalue weighted by molar-refractivity contribution is 0.0786. The number of hydrogen-bond donors (Lipinski definition) is 0. The van der Waals surface area contributed by atoms with Crippen molar-refractivity contribution in [3.8, 4) is 0 Å². The number of allylic oxidation sites excluding steroid dienone is 3. The van der Waals surface area contributed by atoms with Crippen LogP contribution < -0.4 is 0 Å². The Labute approximate surface area is 88.8 Å². The summed E-state index contributed by atoms with van der Waals surface area (Å²) in [7, 11) is 0. The molecule has 0 aromatic carbocycles. The minimum Gasteiger partial charge on any atom is -0.490 e. The number of carbonyl (C=O) groups excluding carboxylic acids is 1. The van der Waals surface area contributed by atoms with Crippen LogP contribution in [0.4, 0.5) is 4.79 Å². The summed E-state index contributed by atoms with van der Waals surface area (Å²) in [4.78, 5) is 10.6. The van der Waals surface area contributed by atoms with E-state index in [2.05, 4.69) is 17.9 Å². The highest BCUT2D eigenvalue weighted by atomic mass is 16.8. The van der Waals surface area contributed by atoms with Crippen molar-refractivity contribution < 1.29 is 19.0 Å². The predicted molar refractivity (Wildman–Crippen MR) is 55.3 cm³/mol. The molecule has 4 nitrogen and oxygen atoms in total. The summed E-state index contributed by atoms with van der Waals surface area (Å²) >= 11 is 0. The molecule has 1 saturated heterocycles. The summed E-state index contributed by atoms with van der Waals surface area (Å²) in [6, 6.07) is 0. The number of ether oxygens (including phenoxy) is 3.